The maximum atomic E-state index is 11.8. The summed E-state index contributed by atoms with van der Waals surface area (Å²) in [6.07, 6.45) is 2.86. The van der Waals surface area contributed by atoms with Gasteiger partial charge in [0, 0.05) is 23.0 Å². The second-order valence-electron chi connectivity index (χ2n) is 3.47. The Morgan fingerprint density at radius 3 is 2.65 bits per heavy atom. The molecule has 0 unspecified atom stereocenters. The first-order valence-electron chi connectivity index (χ1n) is 4.98. The Morgan fingerprint density at radius 2 is 2.00 bits per heavy atom. The van der Waals surface area contributed by atoms with Gasteiger partial charge in [0.15, 0.2) is 5.78 Å². The molecular formula is C12H9ClN2O2. The minimum Gasteiger partial charge on any atom is -0.326 e. The zero-order valence-electron chi connectivity index (χ0n) is 8.81. The van der Waals surface area contributed by atoms with E-state index in [1.54, 1.807) is 24.3 Å². The molecule has 0 amide bonds. The Hall–Kier alpha value is -1.94. The first-order valence-corrected chi connectivity index (χ1v) is 5.36. The first kappa shape index (κ1) is 11.5. The molecule has 0 fully saturated rings. The van der Waals surface area contributed by atoms with Crippen LogP contribution in [0.1, 0.15) is 16.1 Å². The number of ketones is 1. The van der Waals surface area contributed by atoms with Crippen molar-refractivity contribution in [3.8, 4) is 0 Å². The van der Waals surface area contributed by atoms with Crippen LogP contribution in [0.15, 0.2) is 41.5 Å². The molecule has 0 spiro atoms. The Balaban J connectivity index is 2.20. The topological polar surface area (TPSA) is 62.8 Å². The maximum absolute atomic E-state index is 11.8. The van der Waals surface area contributed by atoms with Crippen LogP contribution in [0.3, 0.4) is 0 Å². The molecular weight excluding hydrogens is 240 g/mol. The molecule has 0 aliphatic heterocycles. The standard InChI is InChI=1S/C12H9ClN2O2/c13-9-3-1-8(2-4-9)11(16)7-10-12(17)15-6-5-14-10/h1-6H,7H2,(H,15,17). The van der Waals surface area contributed by atoms with Gasteiger partial charge in [-0.25, -0.2) is 0 Å². The third-order valence-corrected chi connectivity index (χ3v) is 2.53. The number of H-pyrrole nitrogens is 1. The number of aromatic nitrogens is 2. The van der Waals surface area contributed by atoms with Crippen LogP contribution in [0.25, 0.3) is 0 Å². The van der Waals surface area contributed by atoms with E-state index < -0.39 is 0 Å². The molecule has 0 saturated heterocycles. The van der Waals surface area contributed by atoms with Gasteiger partial charge < -0.3 is 4.98 Å². The van der Waals surface area contributed by atoms with Gasteiger partial charge in [0.2, 0.25) is 0 Å². The third-order valence-electron chi connectivity index (χ3n) is 2.28. The molecule has 1 heterocycles. The van der Waals surface area contributed by atoms with E-state index >= 15 is 0 Å². The smallest absolute Gasteiger partial charge is 0.270 e. The molecule has 1 aromatic carbocycles. The second kappa shape index (κ2) is 4.93. The van der Waals surface area contributed by atoms with E-state index in [1.165, 1.54) is 12.4 Å². The van der Waals surface area contributed by atoms with Crippen LogP contribution in [0, 0.1) is 0 Å². The van der Waals surface area contributed by atoms with Crippen LogP contribution < -0.4 is 5.56 Å². The van der Waals surface area contributed by atoms with Crippen molar-refractivity contribution >= 4 is 17.4 Å². The molecule has 0 saturated carbocycles. The van der Waals surface area contributed by atoms with Crippen LogP contribution in [-0.4, -0.2) is 15.8 Å². The van der Waals surface area contributed by atoms with Crippen LogP contribution in [-0.2, 0) is 6.42 Å². The highest BCUT2D eigenvalue weighted by Gasteiger charge is 2.10. The molecule has 2 rings (SSSR count). The van der Waals surface area contributed by atoms with E-state index in [9.17, 15) is 9.59 Å². The molecule has 86 valence electrons. The van der Waals surface area contributed by atoms with Gasteiger partial charge in [0.05, 0.1) is 6.42 Å². The summed E-state index contributed by atoms with van der Waals surface area (Å²) in [7, 11) is 0. The van der Waals surface area contributed by atoms with Gasteiger partial charge in [-0.3, -0.25) is 14.6 Å². The number of hydrogen-bond acceptors (Lipinski definition) is 3. The highest BCUT2D eigenvalue weighted by molar-refractivity contribution is 6.30. The SMILES string of the molecule is O=C(Cc1ncc[nH]c1=O)c1ccc(Cl)cc1. The molecule has 5 heteroatoms. The number of rotatable bonds is 3. The van der Waals surface area contributed by atoms with Gasteiger partial charge in [-0.05, 0) is 24.3 Å². The molecule has 0 radical (unpaired) electrons. The summed E-state index contributed by atoms with van der Waals surface area (Å²) in [4.78, 5) is 29.5. The Kier molecular flexibility index (Phi) is 3.35. The quantitative estimate of drug-likeness (QED) is 0.843. The Morgan fingerprint density at radius 1 is 1.29 bits per heavy atom. The maximum Gasteiger partial charge on any atom is 0.270 e. The van der Waals surface area contributed by atoms with E-state index in [4.69, 9.17) is 11.6 Å². The highest BCUT2D eigenvalue weighted by Crippen LogP contribution is 2.10. The monoisotopic (exact) mass is 248 g/mol. The normalized spacial score (nSPS) is 10.2. The van der Waals surface area contributed by atoms with Crippen LogP contribution >= 0.6 is 11.6 Å². The number of nitrogens with zero attached hydrogens (tertiary/aromatic N) is 1. The molecule has 0 aliphatic carbocycles. The first-order chi connectivity index (χ1) is 8.16. The number of hydrogen-bond donors (Lipinski definition) is 1. The number of nitrogens with one attached hydrogen (secondary N) is 1. The Labute approximate surface area is 102 Å². The van der Waals surface area contributed by atoms with Crippen LogP contribution in [0.2, 0.25) is 5.02 Å². The zero-order chi connectivity index (χ0) is 12.3. The van der Waals surface area contributed by atoms with E-state index in [2.05, 4.69) is 9.97 Å². The molecule has 4 nitrogen and oxygen atoms in total. The summed E-state index contributed by atoms with van der Waals surface area (Å²) in [5.41, 5.74) is 0.390. The number of carbonyl (C=O) groups is 1. The van der Waals surface area contributed by atoms with Crippen molar-refractivity contribution in [2.24, 2.45) is 0 Å². The summed E-state index contributed by atoms with van der Waals surface area (Å²) in [5, 5.41) is 0.567. The van der Waals surface area contributed by atoms with Crippen LogP contribution in [0.4, 0.5) is 0 Å². The van der Waals surface area contributed by atoms with Crippen molar-refractivity contribution in [3.05, 3.63) is 63.3 Å². The fraction of sp³-hybridized carbons (Fsp3) is 0.0833. The predicted octanol–water partition coefficient (Wildman–Crippen LogP) is 1.85. The van der Waals surface area contributed by atoms with Crippen molar-refractivity contribution in [1.82, 2.24) is 9.97 Å². The van der Waals surface area contributed by atoms with Gasteiger partial charge in [0.1, 0.15) is 5.69 Å². The summed E-state index contributed by atoms with van der Waals surface area (Å²) in [5.74, 6) is -0.161. The Bertz CT molecular complexity index is 590. The van der Waals surface area contributed by atoms with E-state index in [1.807, 2.05) is 0 Å². The van der Waals surface area contributed by atoms with Gasteiger partial charge >= 0.3 is 0 Å². The van der Waals surface area contributed by atoms with Gasteiger partial charge in [-0.2, -0.15) is 0 Å². The largest absolute Gasteiger partial charge is 0.326 e. The molecule has 17 heavy (non-hydrogen) atoms. The third kappa shape index (κ3) is 2.79. The minimum absolute atomic E-state index is 0.0161. The van der Waals surface area contributed by atoms with Gasteiger partial charge in [-0.15, -0.1) is 0 Å². The number of carbonyl (C=O) groups excluding carboxylic acids is 1. The van der Waals surface area contributed by atoms with Crippen LogP contribution in [0.5, 0.6) is 0 Å². The number of halogens is 1. The van der Waals surface area contributed by atoms with Crippen molar-refractivity contribution in [2.45, 2.75) is 6.42 Å². The average molecular weight is 249 g/mol. The van der Waals surface area contributed by atoms with Gasteiger partial charge in [0.25, 0.3) is 5.56 Å². The molecule has 2 aromatic rings. The summed E-state index contributed by atoms with van der Waals surface area (Å²) in [6.45, 7) is 0. The fourth-order valence-corrected chi connectivity index (χ4v) is 1.52. The number of Topliss-reactive ketones (excluding diaryl/α,β-unsaturated/α-hetero) is 1. The lowest BCUT2D eigenvalue weighted by atomic mass is 10.1. The van der Waals surface area contributed by atoms with Gasteiger partial charge in [-0.1, -0.05) is 11.6 Å². The molecule has 1 aromatic heterocycles. The zero-order valence-corrected chi connectivity index (χ0v) is 9.57. The average Bonchev–Trinajstić information content (AvgIpc) is 2.33. The molecule has 0 aliphatic rings. The lowest BCUT2D eigenvalue weighted by Crippen LogP contribution is -2.17. The number of benzene rings is 1. The molecule has 0 atom stereocenters. The van der Waals surface area contributed by atoms with E-state index in [0.717, 1.165) is 0 Å². The van der Waals surface area contributed by atoms with E-state index in [0.29, 0.717) is 10.6 Å². The van der Waals surface area contributed by atoms with Crippen molar-refractivity contribution in [3.63, 3.8) is 0 Å². The highest BCUT2D eigenvalue weighted by atomic mass is 35.5. The summed E-state index contributed by atoms with van der Waals surface area (Å²) in [6, 6.07) is 6.53. The predicted molar refractivity (Wildman–Crippen MR) is 64.3 cm³/mol. The number of aromatic amines is 1. The lowest BCUT2D eigenvalue weighted by Gasteiger charge is -2.00. The summed E-state index contributed by atoms with van der Waals surface area (Å²) < 4.78 is 0. The van der Waals surface area contributed by atoms with E-state index in [-0.39, 0.29) is 23.5 Å². The summed E-state index contributed by atoms with van der Waals surface area (Å²) >= 11 is 5.72. The second-order valence-corrected chi connectivity index (χ2v) is 3.91. The minimum atomic E-state index is -0.338. The lowest BCUT2D eigenvalue weighted by molar-refractivity contribution is 0.0991. The van der Waals surface area contributed by atoms with Crippen molar-refractivity contribution in [2.75, 3.05) is 0 Å². The fourth-order valence-electron chi connectivity index (χ4n) is 1.40. The molecule has 0 bridgehead atoms. The van der Waals surface area contributed by atoms with Crippen molar-refractivity contribution < 1.29 is 4.79 Å². The molecule has 1 N–H and O–H groups in total. The van der Waals surface area contributed by atoms with Crippen molar-refractivity contribution in [1.29, 1.82) is 0 Å².